The molecule has 0 radical (unpaired) electrons. The van der Waals surface area contributed by atoms with Gasteiger partial charge >= 0.3 is 5.97 Å². The highest BCUT2D eigenvalue weighted by Crippen LogP contribution is 2.36. The molecule has 5 heteroatoms. The minimum atomic E-state index is -0.968. The molecule has 0 aromatic carbocycles. The Bertz CT molecular complexity index is 503. The van der Waals surface area contributed by atoms with Gasteiger partial charge in [-0.25, -0.2) is 4.79 Å². The van der Waals surface area contributed by atoms with Crippen LogP contribution >= 0.6 is 0 Å². The molecule has 110 valence electrons. The highest BCUT2D eigenvalue weighted by Gasteiger charge is 2.31. The van der Waals surface area contributed by atoms with Crippen LogP contribution in [0.25, 0.3) is 0 Å². The summed E-state index contributed by atoms with van der Waals surface area (Å²) in [7, 11) is 0. The SMILES string of the molecule is O=C(O)c1nn(C2CCCCC2)c2c1CCCCC2O. The van der Waals surface area contributed by atoms with Gasteiger partial charge in [0.05, 0.1) is 17.8 Å². The zero-order chi connectivity index (χ0) is 14.1. The van der Waals surface area contributed by atoms with E-state index in [-0.39, 0.29) is 11.7 Å². The normalized spacial score (nSPS) is 24.1. The first-order valence-corrected chi connectivity index (χ1v) is 7.71. The van der Waals surface area contributed by atoms with Gasteiger partial charge in [-0.1, -0.05) is 25.7 Å². The summed E-state index contributed by atoms with van der Waals surface area (Å²) >= 11 is 0. The number of nitrogens with zero attached hydrogens (tertiary/aromatic N) is 2. The Morgan fingerprint density at radius 2 is 1.80 bits per heavy atom. The summed E-state index contributed by atoms with van der Waals surface area (Å²) in [6.45, 7) is 0. The standard InChI is InChI=1S/C15H22N2O3/c18-12-9-5-4-8-11-13(15(19)20)16-17(14(11)12)10-6-2-1-3-7-10/h10,12,18H,1-9H2,(H,19,20). The molecule has 0 amide bonds. The van der Waals surface area contributed by atoms with Gasteiger partial charge in [-0.2, -0.15) is 5.10 Å². The molecule has 0 spiro atoms. The summed E-state index contributed by atoms with van der Waals surface area (Å²) in [5, 5.41) is 24.1. The molecule has 0 saturated heterocycles. The van der Waals surface area contributed by atoms with Crippen molar-refractivity contribution < 1.29 is 15.0 Å². The smallest absolute Gasteiger partial charge is 0.356 e. The largest absolute Gasteiger partial charge is 0.476 e. The van der Waals surface area contributed by atoms with Crippen molar-refractivity contribution in [2.45, 2.75) is 69.9 Å². The van der Waals surface area contributed by atoms with Crippen LogP contribution in [0.1, 0.15) is 85.3 Å². The van der Waals surface area contributed by atoms with Gasteiger partial charge in [0.2, 0.25) is 0 Å². The van der Waals surface area contributed by atoms with Gasteiger partial charge < -0.3 is 10.2 Å². The van der Waals surface area contributed by atoms with Crippen LogP contribution in [0.5, 0.6) is 0 Å². The van der Waals surface area contributed by atoms with E-state index in [9.17, 15) is 15.0 Å². The average Bonchev–Trinajstić information content (AvgIpc) is 2.74. The Morgan fingerprint density at radius 1 is 1.10 bits per heavy atom. The average molecular weight is 278 g/mol. The Balaban J connectivity index is 2.06. The molecular weight excluding hydrogens is 256 g/mol. The molecule has 0 bridgehead atoms. The van der Waals surface area contributed by atoms with Gasteiger partial charge in [0.25, 0.3) is 0 Å². The van der Waals surface area contributed by atoms with Gasteiger partial charge in [-0.3, -0.25) is 4.68 Å². The molecule has 0 aliphatic heterocycles. The lowest BCUT2D eigenvalue weighted by Gasteiger charge is -2.25. The maximum Gasteiger partial charge on any atom is 0.356 e. The van der Waals surface area contributed by atoms with Crippen molar-refractivity contribution in [1.82, 2.24) is 9.78 Å². The number of hydrogen-bond acceptors (Lipinski definition) is 3. The monoisotopic (exact) mass is 278 g/mol. The maximum absolute atomic E-state index is 11.4. The molecule has 1 heterocycles. The number of aliphatic hydroxyl groups is 1. The van der Waals surface area contributed by atoms with E-state index in [2.05, 4.69) is 5.10 Å². The van der Waals surface area contributed by atoms with Gasteiger partial charge in [0.15, 0.2) is 5.69 Å². The second-order valence-corrected chi connectivity index (χ2v) is 6.02. The Kier molecular flexibility index (Phi) is 3.78. The molecule has 2 N–H and O–H groups in total. The van der Waals surface area contributed by atoms with Crippen LogP contribution < -0.4 is 0 Å². The highest BCUT2D eigenvalue weighted by molar-refractivity contribution is 5.87. The van der Waals surface area contributed by atoms with Crippen LogP contribution in [-0.2, 0) is 6.42 Å². The summed E-state index contributed by atoms with van der Waals surface area (Å²) in [5.74, 6) is -0.968. The van der Waals surface area contributed by atoms with E-state index in [1.165, 1.54) is 6.42 Å². The first-order valence-electron chi connectivity index (χ1n) is 7.71. The molecule has 2 aliphatic rings. The topological polar surface area (TPSA) is 75.3 Å². The fraction of sp³-hybridized carbons (Fsp3) is 0.733. The van der Waals surface area contributed by atoms with Crippen LogP contribution in [-0.4, -0.2) is 26.0 Å². The Labute approximate surface area is 118 Å². The molecule has 3 rings (SSSR count). The van der Waals surface area contributed by atoms with E-state index in [0.717, 1.165) is 56.2 Å². The summed E-state index contributed by atoms with van der Waals surface area (Å²) in [5.41, 5.74) is 1.71. The predicted octanol–water partition coefficient (Wildman–Crippen LogP) is 2.85. The third-order valence-electron chi connectivity index (χ3n) is 4.64. The highest BCUT2D eigenvalue weighted by atomic mass is 16.4. The number of rotatable bonds is 2. The van der Waals surface area contributed by atoms with Crippen LogP contribution in [0.3, 0.4) is 0 Å². The van der Waals surface area contributed by atoms with E-state index < -0.39 is 12.1 Å². The van der Waals surface area contributed by atoms with Crippen LogP contribution in [0, 0.1) is 0 Å². The van der Waals surface area contributed by atoms with Crippen molar-refractivity contribution >= 4 is 5.97 Å². The first-order chi connectivity index (χ1) is 9.68. The molecule has 1 aromatic heterocycles. The summed E-state index contributed by atoms with van der Waals surface area (Å²) in [6, 6.07) is 0.262. The lowest BCUT2D eigenvalue weighted by Crippen LogP contribution is -2.18. The van der Waals surface area contributed by atoms with Gasteiger partial charge in [0.1, 0.15) is 0 Å². The molecule has 1 unspecified atom stereocenters. The summed E-state index contributed by atoms with van der Waals surface area (Å²) < 4.78 is 1.86. The molecule has 1 saturated carbocycles. The minimum Gasteiger partial charge on any atom is -0.476 e. The number of carboxylic acid groups (broad SMARTS) is 1. The molecule has 5 nitrogen and oxygen atoms in total. The fourth-order valence-corrected chi connectivity index (χ4v) is 3.63. The van der Waals surface area contributed by atoms with Crippen LogP contribution in [0.2, 0.25) is 0 Å². The maximum atomic E-state index is 11.4. The zero-order valence-electron chi connectivity index (χ0n) is 11.7. The van der Waals surface area contributed by atoms with Crippen LogP contribution in [0.15, 0.2) is 0 Å². The second kappa shape index (κ2) is 5.56. The quantitative estimate of drug-likeness (QED) is 0.816. The van der Waals surface area contributed by atoms with Crippen molar-refractivity contribution in [3.63, 3.8) is 0 Å². The number of aromatic carboxylic acids is 1. The van der Waals surface area contributed by atoms with Crippen molar-refractivity contribution in [3.05, 3.63) is 17.0 Å². The van der Waals surface area contributed by atoms with E-state index in [1.54, 1.807) is 0 Å². The van der Waals surface area contributed by atoms with Crippen molar-refractivity contribution in [2.24, 2.45) is 0 Å². The van der Waals surface area contributed by atoms with Gasteiger partial charge in [-0.15, -0.1) is 0 Å². The van der Waals surface area contributed by atoms with Gasteiger partial charge in [0, 0.05) is 5.56 Å². The summed E-state index contributed by atoms with van der Waals surface area (Å²) in [6.07, 6.45) is 8.41. The second-order valence-electron chi connectivity index (χ2n) is 6.02. The van der Waals surface area contributed by atoms with E-state index in [0.29, 0.717) is 6.42 Å². The lowest BCUT2D eigenvalue weighted by molar-refractivity contribution is 0.0687. The molecule has 20 heavy (non-hydrogen) atoms. The zero-order valence-corrected chi connectivity index (χ0v) is 11.7. The molecule has 1 atom stereocenters. The number of aromatic nitrogens is 2. The van der Waals surface area contributed by atoms with Crippen LogP contribution in [0.4, 0.5) is 0 Å². The van der Waals surface area contributed by atoms with E-state index >= 15 is 0 Å². The fourth-order valence-electron chi connectivity index (χ4n) is 3.63. The van der Waals surface area contributed by atoms with E-state index in [4.69, 9.17) is 0 Å². The molecule has 1 aromatic rings. The molecule has 1 fully saturated rings. The lowest BCUT2D eigenvalue weighted by atomic mass is 9.95. The first kappa shape index (κ1) is 13.6. The third-order valence-corrected chi connectivity index (χ3v) is 4.64. The number of carboxylic acids is 1. The van der Waals surface area contributed by atoms with E-state index in [1.807, 2.05) is 4.68 Å². The Morgan fingerprint density at radius 3 is 2.50 bits per heavy atom. The van der Waals surface area contributed by atoms with Crippen molar-refractivity contribution in [1.29, 1.82) is 0 Å². The number of hydrogen-bond donors (Lipinski definition) is 2. The number of carbonyl (C=O) groups is 1. The van der Waals surface area contributed by atoms with Gasteiger partial charge in [-0.05, 0) is 32.1 Å². The summed E-state index contributed by atoms with van der Waals surface area (Å²) in [4.78, 5) is 11.4. The molecule has 2 aliphatic carbocycles. The number of fused-ring (bicyclic) bond motifs is 1. The molecular formula is C15H22N2O3. The minimum absolute atomic E-state index is 0.159. The third kappa shape index (κ3) is 2.35. The number of aliphatic hydroxyl groups excluding tert-OH is 1. The predicted molar refractivity (Wildman–Crippen MR) is 73.8 cm³/mol. The van der Waals surface area contributed by atoms with Crippen molar-refractivity contribution in [2.75, 3.05) is 0 Å². The Hall–Kier alpha value is -1.36. The van der Waals surface area contributed by atoms with Crippen molar-refractivity contribution in [3.8, 4) is 0 Å².